The number of rotatable bonds is 7. The van der Waals surface area contributed by atoms with Crippen LogP contribution in [-0.2, 0) is 9.53 Å². The Labute approximate surface area is 235 Å². The molecular formula is C28H32ClF3N4O4. The molecular weight excluding hydrogens is 549 g/mol. The molecule has 216 valence electrons. The summed E-state index contributed by atoms with van der Waals surface area (Å²) in [6, 6.07) is 8.73. The number of methoxy groups -OCH3 is 1. The molecule has 1 amide bonds. The number of fused-ring (bicyclic) bond motifs is 1. The van der Waals surface area contributed by atoms with Crippen LogP contribution in [0.5, 0.6) is 5.75 Å². The Morgan fingerprint density at radius 1 is 1.20 bits per heavy atom. The molecule has 4 rings (SSSR count). The first-order valence-corrected chi connectivity index (χ1v) is 13.2. The Kier molecular flexibility index (Phi) is 8.26. The van der Waals surface area contributed by atoms with Gasteiger partial charge >= 0.3 is 12.3 Å². The van der Waals surface area contributed by atoms with Gasteiger partial charge in [-0.15, -0.1) is 13.2 Å². The summed E-state index contributed by atoms with van der Waals surface area (Å²) >= 11 is 6.62. The summed E-state index contributed by atoms with van der Waals surface area (Å²) in [6.45, 7) is 6.42. The number of carbonyl (C=O) groups is 2. The lowest BCUT2D eigenvalue weighted by atomic mass is 9.70. The molecule has 1 saturated carbocycles. The number of amides is 1. The molecule has 1 aliphatic carbocycles. The van der Waals surface area contributed by atoms with Gasteiger partial charge < -0.3 is 24.3 Å². The summed E-state index contributed by atoms with van der Waals surface area (Å²) in [4.78, 5) is 30.8. The summed E-state index contributed by atoms with van der Waals surface area (Å²) in [5.41, 5.74) is 1.99. The van der Waals surface area contributed by atoms with Crippen molar-refractivity contribution in [1.82, 2.24) is 14.5 Å². The van der Waals surface area contributed by atoms with Crippen molar-refractivity contribution in [2.45, 2.75) is 52.4 Å². The van der Waals surface area contributed by atoms with Gasteiger partial charge in [-0.3, -0.25) is 9.59 Å². The number of halogens is 4. The van der Waals surface area contributed by atoms with Crippen LogP contribution >= 0.6 is 11.6 Å². The molecule has 2 atom stereocenters. The molecule has 0 radical (unpaired) electrons. The molecule has 1 fully saturated rings. The van der Waals surface area contributed by atoms with Gasteiger partial charge in [-0.1, -0.05) is 32.4 Å². The maximum atomic E-state index is 13.1. The van der Waals surface area contributed by atoms with Gasteiger partial charge in [0.05, 0.1) is 28.7 Å². The smallest absolute Gasteiger partial charge is 0.468 e. The average molecular weight is 581 g/mol. The van der Waals surface area contributed by atoms with Gasteiger partial charge in [0.2, 0.25) is 5.95 Å². The minimum absolute atomic E-state index is 0.0544. The molecule has 0 unspecified atom stereocenters. The third-order valence-electron chi connectivity index (χ3n) is 7.02. The molecule has 0 saturated heterocycles. The van der Waals surface area contributed by atoms with E-state index in [9.17, 15) is 22.8 Å². The number of ether oxygens (including phenoxy) is 2. The highest BCUT2D eigenvalue weighted by Gasteiger charge is 2.35. The summed E-state index contributed by atoms with van der Waals surface area (Å²) < 4.78 is 48.5. The van der Waals surface area contributed by atoms with Crippen LogP contribution in [0.4, 0.5) is 24.8 Å². The van der Waals surface area contributed by atoms with Crippen LogP contribution in [-0.4, -0.2) is 53.4 Å². The van der Waals surface area contributed by atoms with E-state index in [0.29, 0.717) is 28.6 Å². The van der Waals surface area contributed by atoms with E-state index in [1.165, 1.54) is 43.3 Å². The number of anilines is 2. The van der Waals surface area contributed by atoms with Crippen LogP contribution in [0.3, 0.4) is 0 Å². The molecule has 0 aliphatic heterocycles. The molecule has 40 heavy (non-hydrogen) atoms. The van der Waals surface area contributed by atoms with Crippen molar-refractivity contribution in [3.05, 3.63) is 47.0 Å². The van der Waals surface area contributed by atoms with Crippen molar-refractivity contribution >= 4 is 46.1 Å². The number of aromatic nitrogens is 2. The molecule has 3 aromatic rings. The van der Waals surface area contributed by atoms with E-state index in [1.54, 1.807) is 12.1 Å². The minimum Gasteiger partial charge on any atom is -0.468 e. The lowest BCUT2D eigenvalue weighted by Gasteiger charge is -2.40. The zero-order chi connectivity index (χ0) is 29.4. The Morgan fingerprint density at radius 3 is 2.48 bits per heavy atom. The van der Waals surface area contributed by atoms with Crippen molar-refractivity contribution < 1.29 is 32.2 Å². The standard InChI is InChI=1S/C28H32ClF3N4O4/c1-16-10-18(14-27(2,3)13-16)36-23-12-21(29)20(25(38)35(4)15-24(37)39-5)11-22(23)34-26(36)33-17-6-8-19(9-7-17)40-28(30,31)32/h6-9,11-12,16,18H,10,13-15H2,1-5H3,(H,33,34)/t16-,18+/m1/s1. The van der Waals surface area contributed by atoms with Crippen LogP contribution in [0.15, 0.2) is 36.4 Å². The number of nitrogens with zero attached hydrogens (tertiary/aromatic N) is 3. The number of nitrogens with one attached hydrogen (secondary N) is 1. The molecule has 1 N–H and O–H groups in total. The SMILES string of the molecule is COC(=O)CN(C)C(=O)c1cc2nc(Nc3ccc(OC(F)(F)F)cc3)n([C@H]3C[C@@H](C)CC(C)(C)C3)c2cc1Cl. The third kappa shape index (κ3) is 6.80. The largest absolute Gasteiger partial charge is 0.573 e. The summed E-state index contributed by atoms with van der Waals surface area (Å²) in [6.07, 6.45) is -1.95. The Morgan fingerprint density at radius 2 is 1.88 bits per heavy atom. The van der Waals surface area contributed by atoms with Gasteiger partial charge in [0.15, 0.2) is 0 Å². The van der Waals surface area contributed by atoms with Gasteiger partial charge in [-0.25, -0.2) is 4.98 Å². The van der Waals surface area contributed by atoms with E-state index in [-0.39, 0.29) is 34.3 Å². The normalized spacial score (nSPS) is 18.8. The average Bonchev–Trinajstić information content (AvgIpc) is 3.18. The molecule has 0 bridgehead atoms. The van der Waals surface area contributed by atoms with E-state index in [2.05, 4.69) is 40.1 Å². The van der Waals surface area contributed by atoms with Crippen molar-refractivity contribution in [3.63, 3.8) is 0 Å². The Balaban J connectivity index is 1.76. The number of hydrogen-bond donors (Lipinski definition) is 1. The molecule has 8 nitrogen and oxygen atoms in total. The summed E-state index contributed by atoms with van der Waals surface area (Å²) in [5.74, 6) is -0.446. The van der Waals surface area contributed by atoms with E-state index in [0.717, 1.165) is 19.3 Å². The second kappa shape index (κ2) is 11.2. The third-order valence-corrected chi connectivity index (χ3v) is 7.33. The topological polar surface area (TPSA) is 85.7 Å². The van der Waals surface area contributed by atoms with Crippen LogP contribution in [0.25, 0.3) is 11.0 Å². The fourth-order valence-electron chi connectivity index (χ4n) is 5.63. The fourth-order valence-corrected chi connectivity index (χ4v) is 5.87. The minimum atomic E-state index is -4.78. The van der Waals surface area contributed by atoms with Crippen LogP contribution < -0.4 is 10.1 Å². The summed E-state index contributed by atoms with van der Waals surface area (Å²) in [7, 11) is 2.72. The molecule has 1 aliphatic rings. The second-order valence-corrected chi connectivity index (χ2v) is 11.5. The predicted molar refractivity (Wildman–Crippen MR) is 146 cm³/mol. The number of imidazole rings is 1. The van der Waals surface area contributed by atoms with E-state index >= 15 is 0 Å². The Hall–Kier alpha value is -3.47. The highest BCUT2D eigenvalue weighted by Crippen LogP contribution is 2.46. The number of esters is 1. The molecule has 12 heteroatoms. The zero-order valence-corrected chi connectivity index (χ0v) is 23.7. The highest BCUT2D eigenvalue weighted by atomic mass is 35.5. The maximum absolute atomic E-state index is 13.1. The monoisotopic (exact) mass is 580 g/mol. The highest BCUT2D eigenvalue weighted by molar-refractivity contribution is 6.34. The van der Waals surface area contributed by atoms with Gasteiger partial charge in [0, 0.05) is 18.8 Å². The van der Waals surface area contributed by atoms with Gasteiger partial charge in [0.1, 0.15) is 12.3 Å². The van der Waals surface area contributed by atoms with Crippen molar-refractivity contribution in [3.8, 4) is 5.75 Å². The predicted octanol–water partition coefficient (Wildman–Crippen LogP) is 6.96. The van der Waals surface area contributed by atoms with E-state index < -0.39 is 18.2 Å². The Bertz CT molecular complexity index is 1410. The first-order chi connectivity index (χ1) is 18.7. The second-order valence-electron chi connectivity index (χ2n) is 11.1. The summed E-state index contributed by atoms with van der Waals surface area (Å²) in [5, 5.41) is 3.44. The fraction of sp³-hybridized carbons (Fsp3) is 0.464. The van der Waals surface area contributed by atoms with E-state index in [4.69, 9.17) is 16.6 Å². The van der Waals surface area contributed by atoms with Gasteiger partial charge in [-0.05, 0) is 67.0 Å². The molecule has 2 aromatic carbocycles. The molecule has 0 spiro atoms. The van der Waals surface area contributed by atoms with Crippen molar-refractivity contribution in [1.29, 1.82) is 0 Å². The number of likely N-dealkylation sites (N-methyl/N-ethyl adjacent to an activating group) is 1. The van der Waals surface area contributed by atoms with Gasteiger partial charge in [-0.2, -0.15) is 0 Å². The van der Waals surface area contributed by atoms with Crippen LogP contribution in [0.2, 0.25) is 5.02 Å². The number of benzene rings is 2. The molecule has 1 heterocycles. The number of alkyl halides is 3. The molecule has 1 aromatic heterocycles. The van der Waals surface area contributed by atoms with Crippen molar-refractivity contribution in [2.75, 3.05) is 26.0 Å². The first kappa shape index (κ1) is 29.5. The lowest BCUT2D eigenvalue weighted by Crippen LogP contribution is -2.32. The van der Waals surface area contributed by atoms with Crippen LogP contribution in [0, 0.1) is 11.3 Å². The quantitative estimate of drug-likeness (QED) is 0.304. The zero-order valence-electron chi connectivity index (χ0n) is 22.9. The maximum Gasteiger partial charge on any atom is 0.573 e. The lowest BCUT2D eigenvalue weighted by molar-refractivity contribution is -0.274. The van der Waals surface area contributed by atoms with Crippen molar-refractivity contribution in [2.24, 2.45) is 11.3 Å². The van der Waals surface area contributed by atoms with E-state index in [1.807, 2.05) is 0 Å². The van der Waals surface area contributed by atoms with Crippen LogP contribution in [0.1, 0.15) is 56.4 Å². The number of carbonyl (C=O) groups excluding carboxylic acids is 2. The van der Waals surface area contributed by atoms with Gasteiger partial charge in [0.25, 0.3) is 5.91 Å². The number of hydrogen-bond acceptors (Lipinski definition) is 6. The first-order valence-electron chi connectivity index (χ1n) is 12.8.